The van der Waals surface area contributed by atoms with Gasteiger partial charge in [-0.05, 0) is 51.8 Å². The molecular weight excluding hydrogens is 370 g/mol. The van der Waals surface area contributed by atoms with Crippen LogP contribution in [0.3, 0.4) is 0 Å². The zero-order chi connectivity index (χ0) is 20.3. The summed E-state index contributed by atoms with van der Waals surface area (Å²) < 4.78 is 11.1. The van der Waals surface area contributed by atoms with Gasteiger partial charge in [0.2, 0.25) is 0 Å². The van der Waals surface area contributed by atoms with Gasteiger partial charge in [0.1, 0.15) is 5.75 Å². The first-order chi connectivity index (χ1) is 14.8. The summed E-state index contributed by atoms with van der Waals surface area (Å²) in [5.74, 6) is 0.918. The third-order valence-corrected chi connectivity index (χ3v) is 6.16. The van der Waals surface area contributed by atoms with Crippen molar-refractivity contribution < 1.29 is 9.47 Å². The SMILES string of the molecule is COc1ccc(/C=C2/C=C(CCN3CCOCC3)c3ccccc32)c2ccccc12. The van der Waals surface area contributed by atoms with Crippen LogP contribution in [0, 0.1) is 0 Å². The molecule has 1 heterocycles. The van der Waals surface area contributed by atoms with Crippen molar-refractivity contribution in [1.82, 2.24) is 4.90 Å². The number of morpholine rings is 1. The van der Waals surface area contributed by atoms with Crippen LogP contribution in [0.25, 0.3) is 28.0 Å². The molecule has 3 aromatic carbocycles. The summed E-state index contributed by atoms with van der Waals surface area (Å²) in [6.45, 7) is 4.86. The number of allylic oxidation sites excluding steroid dienone is 2. The van der Waals surface area contributed by atoms with E-state index in [1.165, 1.54) is 33.2 Å². The van der Waals surface area contributed by atoms with Gasteiger partial charge in [0.15, 0.2) is 0 Å². The largest absolute Gasteiger partial charge is 0.496 e. The van der Waals surface area contributed by atoms with E-state index in [2.05, 4.69) is 77.7 Å². The molecule has 1 aliphatic heterocycles. The lowest BCUT2D eigenvalue weighted by Gasteiger charge is -2.26. The molecule has 0 unspecified atom stereocenters. The van der Waals surface area contributed by atoms with E-state index in [0.717, 1.165) is 50.4 Å². The fraction of sp³-hybridized carbons (Fsp3) is 0.259. The molecule has 3 aromatic rings. The molecule has 152 valence electrons. The van der Waals surface area contributed by atoms with E-state index in [0.29, 0.717) is 0 Å². The highest BCUT2D eigenvalue weighted by molar-refractivity contribution is 6.05. The zero-order valence-corrected chi connectivity index (χ0v) is 17.4. The van der Waals surface area contributed by atoms with Crippen LogP contribution in [0.2, 0.25) is 0 Å². The van der Waals surface area contributed by atoms with E-state index in [1.54, 1.807) is 7.11 Å². The first-order valence-corrected chi connectivity index (χ1v) is 10.7. The third-order valence-electron chi connectivity index (χ3n) is 6.16. The molecule has 0 radical (unpaired) electrons. The second kappa shape index (κ2) is 8.47. The van der Waals surface area contributed by atoms with Gasteiger partial charge in [0.05, 0.1) is 20.3 Å². The number of hydrogen-bond acceptors (Lipinski definition) is 3. The molecule has 30 heavy (non-hydrogen) atoms. The van der Waals surface area contributed by atoms with E-state index in [9.17, 15) is 0 Å². The molecule has 3 nitrogen and oxygen atoms in total. The van der Waals surface area contributed by atoms with Gasteiger partial charge in [0, 0.05) is 25.0 Å². The summed E-state index contributed by atoms with van der Waals surface area (Å²) in [4.78, 5) is 2.51. The normalized spacial score (nSPS) is 17.9. The van der Waals surface area contributed by atoms with Gasteiger partial charge in [0.25, 0.3) is 0 Å². The number of methoxy groups -OCH3 is 1. The van der Waals surface area contributed by atoms with Crippen molar-refractivity contribution >= 4 is 28.0 Å². The first kappa shape index (κ1) is 19.1. The van der Waals surface area contributed by atoms with Crippen LogP contribution in [0.5, 0.6) is 5.75 Å². The maximum absolute atomic E-state index is 5.57. The average Bonchev–Trinajstić information content (AvgIpc) is 3.16. The van der Waals surface area contributed by atoms with Crippen molar-refractivity contribution in [3.05, 3.63) is 83.4 Å². The number of benzene rings is 3. The van der Waals surface area contributed by atoms with Gasteiger partial charge >= 0.3 is 0 Å². The molecule has 0 bridgehead atoms. The minimum atomic E-state index is 0.853. The van der Waals surface area contributed by atoms with E-state index in [1.807, 2.05) is 0 Å². The summed E-state index contributed by atoms with van der Waals surface area (Å²) in [7, 11) is 1.73. The molecule has 1 fully saturated rings. The Morgan fingerprint density at radius 1 is 0.900 bits per heavy atom. The Labute approximate surface area is 178 Å². The Kier molecular flexibility index (Phi) is 5.39. The Morgan fingerprint density at radius 3 is 2.43 bits per heavy atom. The van der Waals surface area contributed by atoms with Crippen molar-refractivity contribution in [1.29, 1.82) is 0 Å². The van der Waals surface area contributed by atoms with E-state index in [-0.39, 0.29) is 0 Å². The van der Waals surface area contributed by atoms with Crippen molar-refractivity contribution in [2.45, 2.75) is 6.42 Å². The van der Waals surface area contributed by atoms with Crippen molar-refractivity contribution in [2.24, 2.45) is 0 Å². The van der Waals surface area contributed by atoms with E-state index >= 15 is 0 Å². The van der Waals surface area contributed by atoms with Gasteiger partial charge in [-0.15, -0.1) is 0 Å². The highest BCUT2D eigenvalue weighted by atomic mass is 16.5. The highest BCUT2D eigenvalue weighted by Gasteiger charge is 2.19. The molecule has 0 N–H and O–H groups in total. The molecule has 0 spiro atoms. The number of hydrogen-bond donors (Lipinski definition) is 0. The number of ether oxygens (including phenoxy) is 2. The molecule has 2 aliphatic rings. The molecular formula is C27H27NO2. The summed E-state index contributed by atoms with van der Waals surface area (Å²) in [6, 6.07) is 21.5. The average molecular weight is 398 g/mol. The Balaban J connectivity index is 1.50. The van der Waals surface area contributed by atoms with Crippen LogP contribution in [-0.4, -0.2) is 44.9 Å². The van der Waals surface area contributed by atoms with Crippen molar-refractivity contribution in [3.63, 3.8) is 0 Å². The Bertz CT molecular complexity index is 1120. The lowest BCUT2D eigenvalue weighted by Crippen LogP contribution is -2.36. The highest BCUT2D eigenvalue weighted by Crippen LogP contribution is 2.39. The maximum atomic E-state index is 5.57. The molecule has 1 saturated heterocycles. The summed E-state index contributed by atoms with van der Waals surface area (Å²) in [6.07, 6.45) is 5.77. The van der Waals surface area contributed by atoms with Gasteiger partial charge in [-0.3, -0.25) is 4.90 Å². The molecule has 0 amide bonds. The van der Waals surface area contributed by atoms with Crippen LogP contribution >= 0.6 is 0 Å². The van der Waals surface area contributed by atoms with Gasteiger partial charge in [-0.1, -0.05) is 60.7 Å². The van der Waals surface area contributed by atoms with Crippen LogP contribution in [0.15, 0.2) is 66.7 Å². The fourth-order valence-corrected chi connectivity index (χ4v) is 4.55. The number of rotatable bonds is 5. The first-order valence-electron chi connectivity index (χ1n) is 10.7. The zero-order valence-electron chi connectivity index (χ0n) is 17.4. The smallest absolute Gasteiger partial charge is 0.126 e. The third kappa shape index (κ3) is 3.67. The Morgan fingerprint density at radius 2 is 1.63 bits per heavy atom. The molecule has 0 atom stereocenters. The maximum Gasteiger partial charge on any atom is 0.126 e. The quantitative estimate of drug-likeness (QED) is 0.567. The standard InChI is InChI=1S/C27H27NO2/c1-29-27-11-10-20(24-7-4-5-9-26(24)27)18-22-19-21(23-6-2-3-8-25(22)23)12-13-28-14-16-30-17-15-28/h2-11,18-19H,12-17H2,1H3/b22-18-. The lowest BCUT2D eigenvalue weighted by atomic mass is 9.98. The minimum absolute atomic E-state index is 0.853. The van der Waals surface area contributed by atoms with Crippen LogP contribution in [0.4, 0.5) is 0 Å². The molecule has 3 heteroatoms. The molecule has 0 saturated carbocycles. The topological polar surface area (TPSA) is 21.7 Å². The van der Waals surface area contributed by atoms with E-state index < -0.39 is 0 Å². The predicted octanol–water partition coefficient (Wildman–Crippen LogP) is 5.51. The predicted molar refractivity (Wildman–Crippen MR) is 125 cm³/mol. The second-order valence-electron chi connectivity index (χ2n) is 7.92. The number of nitrogens with zero attached hydrogens (tertiary/aromatic N) is 1. The molecule has 5 rings (SSSR count). The second-order valence-corrected chi connectivity index (χ2v) is 7.92. The van der Waals surface area contributed by atoms with Gasteiger partial charge in [-0.2, -0.15) is 0 Å². The number of fused-ring (bicyclic) bond motifs is 2. The fourth-order valence-electron chi connectivity index (χ4n) is 4.55. The Hall–Kier alpha value is -2.88. The van der Waals surface area contributed by atoms with Crippen LogP contribution < -0.4 is 4.74 Å². The molecule has 0 aromatic heterocycles. The molecule has 1 aliphatic carbocycles. The lowest BCUT2D eigenvalue weighted by molar-refractivity contribution is 0.0390. The van der Waals surface area contributed by atoms with Gasteiger partial charge in [-0.25, -0.2) is 0 Å². The minimum Gasteiger partial charge on any atom is -0.496 e. The van der Waals surface area contributed by atoms with Gasteiger partial charge < -0.3 is 9.47 Å². The van der Waals surface area contributed by atoms with Crippen LogP contribution in [-0.2, 0) is 4.74 Å². The summed E-state index contributed by atoms with van der Waals surface area (Å²) in [5, 5.41) is 2.37. The summed E-state index contributed by atoms with van der Waals surface area (Å²) >= 11 is 0. The van der Waals surface area contributed by atoms with Crippen molar-refractivity contribution in [2.75, 3.05) is 40.0 Å². The monoisotopic (exact) mass is 397 g/mol. The summed E-state index contributed by atoms with van der Waals surface area (Å²) in [5.41, 5.74) is 6.64. The van der Waals surface area contributed by atoms with E-state index in [4.69, 9.17) is 9.47 Å². The van der Waals surface area contributed by atoms with Crippen LogP contribution in [0.1, 0.15) is 23.1 Å². The van der Waals surface area contributed by atoms with Crippen molar-refractivity contribution in [3.8, 4) is 5.75 Å².